The molecular weight excluding hydrogens is 286 g/mol. The lowest BCUT2D eigenvalue weighted by Crippen LogP contribution is -2.42. The molecule has 1 fully saturated rings. The third-order valence-electron chi connectivity index (χ3n) is 5.31. The van der Waals surface area contributed by atoms with Crippen molar-refractivity contribution < 1.29 is 4.79 Å². The molecule has 4 heteroatoms. The number of anilines is 1. The van der Waals surface area contributed by atoms with E-state index in [-0.39, 0.29) is 0 Å². The minimum Gasteiger partial charge on any atom is -0.360 e. The van der Waals surface area contributed by atoms with E-state index in [0.717, 1.165) is 29.4 Å². The van der Waals surface area contributed by atoms with Gasteiger partial charge in [0.15, 0.2) is 0 Å². The van der Waals surface area contributed by atoms with Gasteiger partial charge in [-0.25, -0.2) is 0 Å². The summed E-state index contributed by atoms with van der Waals surface area (Å²) in [6.07, 6.45) is 8.93. The van der Waals surface area contributed by atoms with E-state index < -0.39 is 0 Å². The lowest BCUT2D eigenvalue weighted by molar-refractivity contribution is -0.105. The van der Waals surface area contributed by atoms with Crippen molar-refractivity contribution in [2.45, 2.75) is 51.2 Å². The van der Waals surface area contributed by atoms with E-state index >= 15 is 0 Å². The number of carbonyl (C=O) groups is 1. The molecule has 4 nitrogen and oxygen atoms in total. The average Bonchev–Trinajstić information content (AvgIpc) is 3.08. The first-order valence-electron chi connectivity index (χ1n) is 8.48. The van der Waals surface area contributed by atoms with Crippen molar-refractivity contribution in [1.82, 2.24) is 9.88 Å². The molecule has 120 valence electrons. The van der Waals surface area contributed by atoms with Crippen molar-refractivity contribution in [2.24, 2.45) is 0 Å². The van der Waals surface area contributed by atoms with Crippen LogP contribution in [0, 0.1) is 0 Å². The molecule has 2 aliphatic heterocycles. The molecule has 3 heterocycles. The number of benzene rings is 1. The molecule has 0 saturated carbocycles. The molecule has 0 spiro atoms. The number of hydrogen-bond acceptors (Lipinski definition) is 2. The molecule has 1 amide bonds. The van der Waals surface area contributed by atoms with Crippen LogP contribution < -0.4 is 5.32 Å². The first-order chi connectivity index (χ1) is 11.2. The molecule has 1 aromatic heterocycles. The molecule has 1 saturated heterocycles. The Balaban J connectivity index is 1.79. The standard InChI is InChI=1S/C19H23N3O/c1-12(2)22-14-6-7-15(22)9-13(8-14)16-10-20-17-4-3-5-18(19(16)17)21-11-23/h3-5,8,10-12,14-15,20H,6-7,9H2,1-2H3,(H,21,23). The topological polar surface area (TPSA) is 48.1 Å². The number of nitrogens with zero attached hydrogens (tertiary/aromatic N) is 1. The van der Waals surface area contributed by atoms with Crippen LogP contribution in [0.2, 0.25) is 0 Å². The molecule has 2 aliphatic rings. The zero-order valence-corrected chi connectivity index (χ0v) is 13.7. The second kappa shape index (κ2) is 5.53. The van der Waals surface area contributed by atoms with Crippen LogP contribution in [-0.2, 0) is 4.79 Å². The summed E-state index contributed by atoms with van der Waals surface area (Å²) in [6.45, 7) is 4.59. The van der Waals surface area contributed by atoms with Crippen LogP contribution in [0.3, 0.4) is 0 Å². The molecule has 2 bridgehead atoms. The molecule has 1 aromatic carbocycles. The van der Waals surface area contributed by atoms with E-state index in [1.54, 1.807) is 0 Å². The maximum Gasteiger partial charge on any atom is 0.211 e. The second-order valence-corrected chi connectivity index (χ2v) is 6.93. The van der Waals surface area contributed by atoms with Crippen molar-refractivity contribution in [3.05, 3.63) is 36.0 Å². The van der Waals surface area contributed by atoms with Gasteiger partial charge >= 0.3 is 0 Å². The maximum absolute atomic E-state index is 10.9. The Bertz CT molecular complexity index is 774. The summed E-state index contributed by atoms with van der Waals surface area (Å²) in [5.41, 5.74) is 4.62. The van der Waals surface area contributed by atoms with Crippen molar-refractivity contribution in [3.63, 3.8) is 0 Å². The molecule has 2 atom stereocenters. The number of H-pyrrole nitrogens is 1. The highest BCUT2D eigenvalue weighted by Gasteiger charge is 2.38. The summed E-state index contributed by atoms with van der Waals surface area (Å²) in [4.78, 5) is 16.9. The highest BCUT2D eigenvalue weighted by molar-refractivity contribution is 6.03. The predicted octanol–water partition coefficient (Wildman–Crippen LogP) is 3.76. The van der Waals surface area contributed by atoms with Crippen LogP contribution in [0.4, 0.5) is 5.69 Å². The van der Waals surface area contributed by atoms with E-state index in [9.17, 15) is 4.79 Å². The van der Waals surface area contributed by atoms with Gasteiger partial charge in [0, 0.05) is 40.8 Å². The summed E-state index contributed by atoms with van der Waals surface area (Å²) < 4.78 is 0. The Morgan fingerprint density at radius 3 is 2.96 bits per heavy atom. The number of carbonyl (C=O) groups excluding carboxylic acids is 1. The third-order valence-corrected chi connectivity index (χ3v) is 5.31. The highest BCUT2D eigenvalue weighted by Crippen LogP contribution is 2.42. The summed E-state index contributed by atoms with van der Waals surface area (Å²) >= 11 is 0. The lowest BCUT2D eigenvalue weighted by Gasteiger charge is -2.37. The third kappa shape index (κ3) is 2.29. The number of hydrogen-bond donors (Lipinski definition) is 2. The fraction of sp³-hybridized carbons (Fsp3) is 0.421. The molecular formula is C19H23N3O. The summed E-state index contributed by atoms with van der Waals surface area (Å²) in [7, 11) is 0. The number of amides is 1. The van der Waals surface area contributed by atoms with Crippen molar-refractivity contribution >= 4 is 28.6 Å². The molecule has 2 aromatic rings. The smallest absolute Gasteiger partial charge is 0.211 e. The second-order valence-electron chi connectivity index (χ2n) is 6.93. The molecule has 23 heavy (non-hydrogen) atoms. The molecule has 4 rings (SSSR count). The number of aromatic amines is 1. The number of nitrogens with one attached hydrogen (secondary N) is 2. The summed E-state index contributed by atoms with van der Waals surface area (Å²) in [5, 5.41) is 3.97. The van der Waals surface area contributed by atoms with Gasteiger partial charge in [-0.2, -0.15) is 0 Å². The van der Waals surface area contributed by atoms with E-state index in [4.69, 9.17) is 0 Å². The first kappa shape index (κ1) is 14.5. The Morgan fingerprint density at radius 2 is 2.22 bits per heavy atom. The van der Waals surface area contributed by atoms with Gasteiger partial charge in [-0.15, -0.1) is 0 Å². The van der Waals surface area contributed by atoms with Crippen LogP contribution in [0.5, 0.6) is 0 Å². The number of fused-ring (bicyclic) bond motifs is 3. The van der Waals surface area contributed by atoms with Gasteiger partial charge in [-0.1, -0.05) is 12.1 Å². The van der Waals surface area contributed by atoms with Crippen LogP contribution in [0.1, 0.15) is 38.7 Å². The number of rotatable bonds is 4. The Kier molecular flexibility index (Phi) is 3.49. The van der Waals surface area contributed by atoms with Crippen LogP contribution in [0.15, 0.2) is 30.5 Å². The van der Waals surface area contributed by atoms with E-state index in [1.165, 1.54) is 24.0 Å². The molecule has 0 aliphatic carbocycles. The van der Waals surface area contributed by atoms with E-state index in [0.29, 0.717) is 18.1 Å². The summed E-state index contributed by atoms with van der Waals surface area (Å²) in [6, 6.07) is 7.80. The Morgan fingerprint density at radius 1 is 1.35 bits per heavy atom. The normalized spacial score (nSPS) is 24.2. The van der Waals surface area contributed by atoms with Crippen LogP contribution >= 0.6 is 0 Å². The number of aromatic nitrogens is 1. The van der Waals surface area contributed by atoms with Crippen molar-refractivity contribution in [2.75, 3.05) is 5.32 Å². The largest absolute Gasteiger partial charge is 0.360 e. The first-order valence-corrected chi connectivity index (χ1v) is 8.48. The predicted molar refractivity (Wildman–Crippen MR) is 94.4 cm³/mol. The Hall–Kier alpha value is -2.07. The quantitative estimate of drug-likeness (QED) is 0.845. The highest BCUT2D eigenvalue weighted by atomic mass is 16.1. The van der Waals surface area contributed by atoms with Gasteiger partial charge in [0.05, 0.1) is 5.69 Å². The monoisotopic (exact) mass is 309 g/mol. The van der Waals surface area contributed by atoms with E-state index in [1.807, 2.05) is 12.1 Å². The van der Waals surface area contributed by atoms with Gasteiger partial charge in [-0.3, -0.25) is 9.69 Å². The van der Waals surface area contributed by atoms with Gasteiger partial charge in [-0.05, 0) is 50.8 Å². The van der Waals surface area contributed by atoms with Gasteiger partial charge < -0.3 is 10.3 Å². The molecule has 0 radical (unpaired) electrons. The van der Waals surface area contributed by atoms with Gasteiger partial charge in [0.1, 0.15) is 0 Å². The van der Waals surface area contributed by atoms with E-state index in [2.05, 4.69) is 47.4 Å². The van der Waals surface area contributed by atoms with Crippen molar-refractivity contribution in [1.29, 1.82) is 0 Å². The van der Waals surface area contributed by atoms with Gasteiger partial charge in [0.25, 0.3) is 0 Å². The molecule has 2 unspecified atom stereocenters. The fourth-order valence-corrected chi connectivity index (χ4v) is 4.49. The SMILES string of the molecule is CC(C)N1C2C=C(c3c[nH]c4cccc(NC=O)c34)CC1CC2. The molecule has 2 N–H and O–H groups in total. The summed E-state index contributed by atoms with van der Waals surface area (Å²) in [5.74, 6) is 0. The van der Waals surface area contributed by atoms with Crippen LogP contribution in [0.25, 0.3) is 16.5 Å². The zero-order chi connectivity index (χ0) is 16.0. The fourth-order valence-electron chi connectivity index (χ4n) is 4.49. The zero-order valence-electron chi connectivity index (χ0n) is 13.7. The van der Waals surface area contributed by atoms with Crippen LogP contribution in [-0.4, -0.2) is 34.4 Å². The Labute approximate surface area is 136 Å². The van der Waals surface area contributed by atoms with Crippen molar-refractivity contribution in [3.8, 4) is 0 Å². The van der Waals surface area contributed by atoms with Gasteiger partial charge in [0.2, 0.25) is 6.41 Å². The minimum atomic E-state index is 0.555. The average molecular weight is 309 g/mol. The lowest BCUT2D eigenvalue weighted by atomic mass is 9.93. The minimum absolute atomic E-state index is 0.555. The maximum atomic E-state index is 10.9.